The maximum Gasteiger partial charge on any atom is 0.106 e. The molecule has 0 amide bonds. The molecule has 1 aliphatic carbocycles. The van der Waals surface area contributed by atoms with E-state index >= 15 is 0 Å². The highest BCUT2D eigenvalue weighted by Crippen LogP contribution is 2.19. The molecule has 0 radical (unpaired) electrons. The van der Waals surface area contributed by atoms with Crippen LogP contribution >= 0.6 is 0 Å². The number of nitrogens with one attached hydrogen (secondary N) is 2. The summed E-state index contributed by atoms with van der Waals surface area (Å²) < 4.78 is 2.12. The molecule has 1 heterocycles. The number of benzene rings is 1. The summed E-state index contributed by atoms with van der Waals surface area (Å²) in [5, 5.41) is 6.93. The molecular weight excluding hydrogens is 224 g/mol. The smallest absolute Gasteiger partial charge is 0.106 e. The third-order valence-electron chi connectivity index (χ3n) is 3.57. The van der Waals surface area contributed by atoms with Gasteiger partial charge in [0, 0.05) is 31.9 Å². The van der Waals surface area contributed by atoms with Gasteiger partial charge < -0.3 is 15.2 Å². The summed E-state index contributed by atoms with van der Waals surface area (Å²) in [4.78, 5) is 4.55. The lowest BCUT2D eigenvalue weighted by Gasteiger charge is -2.07. The Hall–Kier alpha value is -1.55. The highest BCUT2D eigenvalue weighted by molar-refractivity contribution is 5.80. The Balaban J connectivity index is 1.64. The number of nitrogens with zero attached hydrogens (tertiary/aromatic N) is 2. The SMILES string of the molecule is Cc1nc2cc(NCCNC3CC3)ccc2n1C. The van der Waals surface area contributed by atoms with Gasteiger partial charge in [0.2, 0.25) is 0 Å². The van der Waals surface area contributed by atoms with Crippen molar-refractivity contribution >= 4 is 16.7 Å². The molecule has 4 nitrogen and oxygen atoms in total. The van der Waals surface area contributed by atoms with Crippen LogP contribution in [0.1, 0.15) is 18.7 Å². The number of aryl methyl sites for hydroxylation is 2. The van der Waals surface area contributed by atoms with E-state index in [2.05, 4.69) is 45.4 Å². The van der Waals surface area contributed by atoms with Crippen molar-refractivity contribution < 1.29 is 0 Å². The number of fused-ring (bicyclic) bond motifs is 1. The van der Waals surface area contributed by atoms with E-state index in [0.717, 1.165) is 36.2 Å². The highest BCUT2D eigenvalue weighted by Gasteiger charge is 2.19. The van der Waals surface area contributed by atoms with Crippen LogP contribution in [0.4, 0.5) is 5.69 Å². The van der Waals surface area contributed by atoms with Gasteiger partial charge in [0.15, 0.2) is 0 Å². The lowest BCUT2D eigenvalue weighted by molar-refractivity contribution is 0.701. The first-order valence-corrected chi connectivity index (χ1v) is 6.64. The molecule has 96 valence electrons. The maximum atomic E-state index is 4.55. The number of imidazole rings is 1. The summed E-state index contributed by atoms with van der Waals surface area (Å²) in [7, 11) is 2.05. The molecule has 0 saturated heterocycles. The van der Waals surface area contributed by atoms with Gasteiger partial charge in [0.25, 0.3) is 0 Å². The van der Waals surface area contributed by atoms with Crippen molar-refractivity contribution in [1.29, 1.82) is 0 Å². The Labute approximate surface area is 107 Å². The van der Waals surface area contributed by atoms with E-state index in [1.807, 2.05) is 6.92 Å². The van der Waals surface area contributed by atoms with E-state index in [9.17, 15) is 0 Å². The van der Waals surface area contributed by atoms with Gasteiger partial charge in [0.1, 0.15) is 5.82 Å². The van der Waals surface area contributed by atoms with Gasteiger partial charge in [-0.3, -0.25) is 0 Å². The standard InChI is InChI=1S/C14H20N4/c1-10-17-13-9-12(5-6-14(13)18(10)2)16-8-7-15-11-3-4-11/h5-6,9,11,15-16H,3-4,7-8H2,1-2H3. The summed E-state index contributed by atoms with van der Waals surface area (Å²) in [5.41, 5.74) is 3.41. The van der Waals surface area contributed by atoms with Gasteiger partial charge in [0.05, 0.1) is 11.0 Å². The molecule has 0 unspecified atom stereocenters. The maximum absolute atomic E-state index is 4.55. The lowest BCUT2D eigenvalue weighted by atomic mass is 10.2. The van der Waals surface area contributed by atoms with E-state index in [-0.39, 0.29) is 0 Å². The average Bonchev–Trinajstić information content (AvgIpc) is 3.14. The van der Waals surface area contributed by atoms with Crippen molar-refractivity contribution in [3.05, 3.63) is 24.0 Å². The fraction of sp³-hybridized carbons (Fsp3) is 0.500. The summed E-state index contributed by atoms with van der Waals surface area (Å²) in [5.74, 6) is 1.05. The molecule has 1 saturated carbocycles. The van der Waals surface area contributed by atoms with Crippen molar-refractivity contribution in [2.45, 2.75) is 25.8 Å². The molecule has 0 aliphatic heterocycles. The van der Waals surface area contributed by atoms with E-state index in [1.54, 1.807) is 0 Å². The fourth-order valence-electron chi connectivity index (χ4n) is 2.20. The van der Waals surface area contributed by atoms with Crippen molar-refractivity contribution in [3.8, 4) is 0 Å². The third kappa shape index (κ3) is 2.34. The number of hydrogen-bond acceptors (Lipinski definition) is 3. The zero-order valence-electron chi connectivity index (χ0n) is 11.0. The van der Waals surface area contributed by atoms with Gasteiger partial charge in [-0.2, -0.15) is 0 Å². The molecular formula is C14H20N4. The van der Waals surface area contributed by atoms with Crippen LogP contribution in [-0.4, -0.2) is 28.7 Å². The molecule has 2 N–H and O–H groups in total. The molecule has 0 atom stereocenters. The quantitative estimate of drug-likeness (QED) is 0.791. The van der Waals surface area contributed by atoms with E-state index in [0.29, 0.717) is 0 Å². The molecule has 2 aromatic rings. The molecule has 1 aliphatic rings. The number of anilines is 1. The summed E-state index contributed by atoms with van der Waals surface area (Å²) in [6.45, 7) is 4.03. The minimum atomic E-state index is 0.785. The Morgan fingerprint density at radius 2 is 2.17 bits per heavy atom. The van der Waals surface area contributed by atoms with Crippen molar-refractivity contribution in [2.75, 3.05) is 18.4 Å². The normalized spacial score (nSPS) is 15.2. The Morgan fingerprint density at radius 1 is 1.33 bits per heavy atom. The molecule has 4 heteroatoms. The summed E-state index contributed by atoms with van der Waals surface area (Å²) in [6.07, 6.45) is 2.69. The molecule has 1 aromatic heterocycles. The first kappa shape index (κ1) is 11.5. The fourth-order valence-corrected chi connectivity index (χ4v) is 2.20. The van der Waals surface area contributed by atoms with Crippen LogP contribution in [-0.2, 0) is 7.05 Å². The van der Waals surface area contributed by atoms with E-state index in [1.165, 1.54) is 18.4 Å². The van der Waals surface area contributed by atoms with Crippen molar-refractivity contribution in [3.63, 3.8) is 0 Å². The topological polar surface area (TPSA) is 41.9 Å². The highest BCUT2D eigenvalue weighted by atomic mass is 15.1. The Morgan fingerprint density at radius 3 is 2.94 bits per heavy atom. The Kier molecular flexibility index (Phi) is 2.96. The zero-order chi connectivity index (χ0) is 12.5. The number of aromatic nitrogens is 2. The minimum absolute atomic E-state index is 0.785. The minimum Gasteiger partial charge on any atom is -0.384 e. The molecule has 0 bridgehead atoms. The van der Waals surface area contributed by atoms with Crippen LogP contribution < -0.4 is 10.6 Å². The Bertz CT molecular complexity index is 554. The summed E-state index contributed by atoms with van der Waals surface area (Å²) >= 11 is 0. The van der Waals surface area contributed by atoms with Gasteiger partial charge in [-0.05, 0) is 38.0 Å². The molecule has 0 spiro atoms. The first-order chi connectivity index (χ1) is 8.74. The first-order valence-electron chi connectivity index (χ1n) is 6.64. The van der Waals surface area contributed by atoms with Crippen molar-refractivity contribution in [2.24, 2.45) is 7.05 Å². The van der Waals surface area contributed by atoms with Crippen molar-refractivity contribution in [1.82, 2.24) is 14.9 Å². The molecule has 18 heavy (non-hydrogen) atoms. The van der Waals surface area contributed by atoms with Crippen LogP contribution in [0.3, 0.4) is 0 Å². The van der Waals surface area contributed by atoms with Gasteiger partial charge in [-0.1, -0.05) is 0 Å². The van der Waals surface area contributed by atoms with Crippen LogP contribution in [0.15, 0.2) is 18.2 Å². The predicted octanol–water partition coefficient (Wildman–Crippen LogP) is 2.05. The molecule has 3 rings (SSSR count). The van der Waals surface area contributed by atoms with Crippen LogP contribution in [0.25, 0.3) is 11.0 Å². The van der Waals surface area contributed by atoms with Gasteiger partial charge in [-0.25, -0.2) is 4.98 Å². The molecule has 1 aromatic carbocycles. The monoisotopic (exact) mass is 244 g/mol. The summed E-state index contributed by atoms with van der Waals surface area (Å²) in [6, 6.07) is 7.17. The predicted molar refractivity (Wildman–Crippen MR) is 75.0 cm³/mol. The molecule has 1 fully saturated rings. The number of hydrogen-bond donors (Lipinski definition) is 2. The second-order valence-corrected chi connectivity index (χ2v) is 5.08. The third-order valence-corrected chi connectivity index (χ3v) is 3.57. The second-order valence-electron chi connectivity index (χ2n) is 5.08. The average molecular weight is 244 g/mol. The van der Waals surface area contributed by atoms with E-state index < -0.39 is 0 Å². The van der Waals surface area contributed by atoms with E-state index in [4.69, 9.17) is 0 Å². The largest absolute Gasteiger partial charge is 0.384 e. The van der Waals surface area contributed by atoms with Crippen LogP contribution in [0, 0.1) is 6.92 Å². The lowest BCUT2D eigenvalue weighted by Crippen LogP contribution is -2.23. The zero-order valence-corrected chi connectivity index (χ0v) is 11.0. The van der Waals surface area contributed by atoms with Gasteiger partial charge >= 0.3 is 0 Å². The van der Waals surface area contributed by atoms with Crippen LogP contribution in [0.2, 0.25) is 0 Å². The van der Waals surface area contributed by atoms with Crippen LogP contribution in [0.5, 0.6) is 0 Å². The van der Waals surface area contributed by atoms with Gasteiger partial charge in [-0.15, -0.1) is 0 Å². The number of rotatable bonds is 5. The second kappa shape index (κ2) is 4.61.